The van der Waals surface area contributed by atoms with Crippen LogP contribution in [0.2, 0.25) is 0 Å². The lowest BCUT2D eigenvalue weighted by molar-refractivity contribution is 0.149. The Hall–Kier alpha value is -0.120. The average molecular weight is 284 g/mol. The third kappa shape index (κ3) is 8.23. The van der Waals surface area contributed by atoms with Gasteiger partial charge >= 0.3 is 0 Å². The van der Waals surface area contributed by atoms with Crippen LogP contribution in [0.15, 0.2) is 0 Å². The molecule has 1 saturated heterocycles. The van der Waals surface area contributed by atoms with Crippen molar-refractivity contribution in [2.75, 3.05) is 46.4 Å². The van der Waals surface area contributed by atoms with Crippen LogP contribution in [0, 0.1) is 11.3 Å². The quantitative estimate of drug-likeness (QED) is 0.694. The molecule has 1 atom stereocenters. The van der Waals surface area contributed by atoms with E-state index in [2.05, 4.69) is 37.6 Å². The van der Waals surface area contributed by atoms with Gasteiger partial charge in [0.15, 0.2) is 0 Å². The molecule has 3 nitrogen and oxygen atoms in total. The monoisotopic (exact) mass is 284 g/mol. The normalized spacial score (nSPS) is 20.2. The highest BCUT2D eigenvalue weighted by molar-refractivity contribution is 4.71. The third-order valence-electron chi connectivity index (χ3n) is 4.37. The van der Waals surface area contributed by atoms with Gasteiger partial charge in [-0.05, 0) is 44.2 Å². The molecule has 120 valence electrons. The molecular formula is C17H36N2O. The molecular weight excluding hydrogens is 248 g/mol. The van der Waals surface area contributed by atoms with Crippen molar-refractivity contribution in [3.63, 3.8) is 0 Å². The van der Waals surface area contributed by atoms with Crippen molar-refractivity contribution in [2.24, 2.45) is 11.3 Å². The van der Waals surface area contributed by atoms with Gasteiger partial charge in [0.1, 0.15) is 0 Å². The standard InChI is InChI=1S/C17H36N2O/c1-17(2,3)15-16(8-14-20)7-5-6-9-19-12-10-18(4)11-13-19/h16,20H,5-15H2,1-4H3/t16-/m1/s1. The molecule has 0 bridgehead atoms. The maximum Gasteiger partial charge on any atom is 0.0433 e. The minimum Gasteiger partial charge on any atom is -0.396 e. The van der Waals surface area contributed by atoms with Crippen molar-refractivity contribution in [2.45, 2.75) is 52.9 Å². The highest BCUT2D eigenvalue weighted by Crippen LogP contribution is 2.29. The van der Waals surface area contributed by atoms with Gasteiger partial charge in [0.2, 0.25) is 0 Å². The van der Waals surface area contributed by atoms with Gasteiger partial charge in [0.05, 0.1) is 0 Å². The molecule has 1 heterocycles. The van der Waals surface area contributed by atoms with E-state index in [1.807, 2.05) is 0 Å². The first kappa shape index (κ1) is 17.9. The third-order valence-corrected chi connectivity index (χ3v) is 4.37. The Labute approximate surface area is 126 Å². The summed E-state index contributed by atoms with van der Waals surface area (Å²) in [7, 11) is 2.21. The van der Waals surface area contributed by atoms with Gasteiger partial charge in [-0.2, -0.15) is 0 Å². The predicted octanol–water partition coefficient (Wildman–Crippen LogP) is 2.84. The van der Waals surface area contributed by atoms with Crippen LogP contribution in [-0.2, 0) is 0 Å². The lowest BCUT2D eigenvalue weighted by Gasteiger charge is -2.32. The molecule has 1 N–H and O–H groups in total. The summed E-state index contributed by atoms with van der Waals surface area (Å²) < 4.78 is 0. The largest absolute Gasteiger partial charge is 0.396 e. The van der Waals surface area contributed by atoms with Crippen LogP contribution >= 0.6 is 0 Å². The first-order chi connectivity index (χ1) is 9.40. The molecule has 3 heteroatoms. The number of piperazine rings is 1. The second kappa shape index (κ2) is 9.01. The number of hydrogen-bond acceptors (Lipinski definition) is 3. The fourth-order valence-corrected chi connectivity index (χ4v) is 3.24. The van der Waals surface area contributed by atoms with E-state index in [4.69, 9.17) is 0 Å². The Bertz CT molecular complexity index is 242. The Morgan fingerprint density at radius 2 is 1.65 bits per heavy atom. The fourth-order valence-electron chi connectivity index (χ4n) is 3.24. The zero-order valence-electron chi connectivity index (χ0n) is 14.2. The zero-order valence-corrected chi connectivity index (χ0v) is 14.2. The highest BCUT2D eigenvalue weighted by Gasteiger charge is 2.18. The molecule has 1 aliphatic heterocycles. The number of rotatable bonds is 8. The van der Waals surface area contributed by atoms with Crippen LogP contribution in [0.5, 0.6) is 0 Å². The fraction of sp³-hybridized carbons (Fsp3) is 1.00. The van der Waals surface area contributed by atoms with Crippen molar-refractivity contribution >= 4 is 0 Å². The van der Waals surface area contributed by atoms with Gasteiger partial charge in [0, 0.05) is 32.8 Å². The van der Waals surface area contributed by atoms with E-state index in [1.165, 1.54) is 58.4 Å². The molecule has 0 aliphatic carbocycles. The van der Waals surface area contributed by atoms with Gasteiger partial charge in [-0.3, -0.25) is 0 Å². The predicted molar refractivity (Wildman–Crippen MR) is 87.1 cm³/mol. The maximum absolute atomic E-state index is 9.21. The minimum atomic E-state index is 0.346. The molecule has 20 heavy (non-hydrogen) atoms. The number of likely N-dealkylation sites (N-methyl/N-ethyl adjacent to an activating group) is 1. The first-order valence-corrected chi connectivity index (χ1v) is 8.42. The molecule has 0 saturated carbocycles. The van der Waals surface area contributed by atoms with E-state index in [0.717, 1.165) is 6.42 Å². The summed E-state index contributed by atoms with van der Waals surface area (Å²) in [5.41, 5.74) is 0.386. The molecule has 0 aromatic carbocycles. The van der Waals surface area contributed by atoms with E-state index in [1.54, 1.807) is 0 Å². The van der Waals surface area contributed by atoms with Crippen LogP contribution in [0.4, 0.5) is 0 Å². The first-order valence-electron chi connectivity index (χ1n) is 8.42. The molecule has 1 rings (SSSR count). The van der Waals surface area contributed by atoms with Crippen LogP contribution in [0.1, 0.15) is 52.9 Å². The second-order valence-corrected chi connectivity index (χ2v) is 7.78. The lowest BCUT2D eigenvalue weighted by Crippen LogP contribution is -2.44. The van der Waals surface area contributed by atoms with Gasteiger partial charge < -0.3 is 14.9 Å². The van der Waals surface area contributed by atoms with E-state index >= 15 is 0 Å². The molecule has 1 fully saturated rings. The average Bonchev–Trinajstić information content (AvgIpc) is 2.35. The molecule has 0 unspecified atom stereocenters. The topological polar surface area (TPSA) is 26.7 Å². The number of aliphatic hydroxyl groups is 1. The highest BCUT2D eigenvalue weighted by atomic mass is 16.3. The van der Waals surface area contributed by atoms with Crippen molar-refractivity contribution < 1.29 is 5.11 Å². The van der Waals surface area contributed by atoms with Gasteiger partial charge in [-0.1, -0.05) is 33.6 Å². The second-order valence-electron chi connectivity index (χ2n) is 7.78. The van der Waals surface area contributed by atoms with E-state index in [-0.39, 0.29) is 0 Å². The SMILES string of the molecule is CN1CCN(CCCC[C@H](CCO)CC(C)(C)C)CC1. The van der Waals surface area contributed by atoms with Crippen LogP contribution in [-0.4, -0.2) is 61.3 Å². The summed E-state index contributed by atoms with van der Waals surface area (Å²) in [6.45, 7) is 13.4. The Morgan fingerprint density at radius 1 is 1.00 bits per heavy atom. The summed E-state index contributed by atoms with van der Waals surface area (Å²) in [5.74, 6) is 0.701. The molecule has 0 aromatic rings. The molecule has 0 spiro atoms. The summed E-state index contributed by atoms with van der Waals surface area (Å²) in [5, 5.41) is 9.21. The molecule has 0 amide bonds. The summed E-state index contributed by atoms with van der Waals surface area (Å²) >= 11 is 0. The Morgan fingerprint density at radius 3 is 2.20 bits per heavy atom. The van der Waals surface area contributed by atoms with Crippen LogP contribution < -0.4 is 0 Å². The smallest absolute Gasteiger partial charge is 0.0433 e. The number of unbranched alkanes of at least 4 members (excludes halogenated alkanes) is 1. The number of aliphatic hydroxyl groups excluding tert-OH is 1. The van der Waals surface area contributed by atoms with Crippen molar-refractivity contribution in [3.8, 4) is 0 Å². The Balaban J connectivity index is 2.13. The summed E-state index contributed by atoms with van der Waals surface area (Å²) in [6.07, 6.45) is 6.13. The van der Waals surface area contributed by atoms with Gasteiger partial charge in [-0.25, -0.2) is 0 Å². The number of hydrogen-bond donors (Lipinski definition) is 1. The summed E-state index contributed by atoms with van der Waals surface area (Å²) in [6, 6.07) is 0. The number of nitrogens with zero attached hydrogens (tertiary/aromatic N) is 2. The van der Waals surface area contributed by atoms with E-state index in [0.29, 0.717) is 17.9 Å². The van der Waals surface area contributed by atoms with Crippen molar-refractivity contribution in [3.05, 3.63) is 0 Å². The molecule has 0 radical (unpaired) electrons. The van der Waals surface area contributed by atoms with Crippen LogP contribution in [0.25, 0.3) is 0 Å². The summed E-state index contributed by atoms with van der Waals surface area (Å²) in [4.78, 5) is 5.02. The lowest BCUT2D eigenvalue weighted by atomic mass is 9.81. The molecule has 0 aromatic heterocycles. The zero-order chi connectivity index (χ0) is 15.0. The Kier molecular flexibility index (Phi) is 8.08. The molecule has 1 aliphatic rings. The van der Waals surface area contributed by atoms with Gasteiger partial charge in [-0.15, -0.1) is 0 Å². The van der Waals surface area contributed by atoms with Crippen LogP contribution in [0.3, 0.4) is 0 Å². The van der Waals surface area contributed by atoms with Crippen molar-refractivity contribution in [1.29, 1.82) is 0 Å². The van der Waals surface area contributed by atoms with E-state index in [9.17, 15) is 5.11 Å². The van der Waals surface area contributed by atoms with Crippen molar-refractivity contribution in [1.82, 2.24) is 9.80 Å². The maximum atomic E-state index is 9.21. The minimum absolute atomic E-state index is 0.346. The van der Waals surface area contributed by atoms with E-state index < -0.39 is 0 Å². The van der Waals surface area contributed by atoms with Gasteiger partial charge in [0.25, 0.3) is 0 Å².